The van der Waals surface area contributed by atoms with E-state index in [1.165, 1.54) is 31.5 Å². The zero-order valence-electron chi connectivity index (χ0n) is 12.7. The van der Waals surface area contributed by atoms with Gasteiger partial charge in [0.25, 0.3) is 0 Å². The minimum atomic E-state index is 0.463. The maximum absolute atomic E-state index is 5.62. The number of hydrogen-bond donors (Lipinski definition) is 1. The summed E-state index contributed by atoms with van der Waals surface area (Å²) < 4.78 is 5.62. The number of likely N-dealkylation sites (tertiary alicyclic amines) is 1. The van der Waals surface area contributed by atoms with Crippen molar-refractivity contribution in [2.75, 3.05) is 19.6 Å². The van der Waals surface area contributed by atoms with Gasteiger partial charge in [-0.15, -0.1) is 0 Å². The molecule has 0 amide bonds. The Hall–Kier alpha value is -1.58. The van der Waals surface area contributed by atoms with E-state index in [1.54, 1.807) is 0 Å². The second-order valence-electron chi connectivity index (χ2n) is 5.81. The Kier molecular flexibility index (Phi) is 4.73. The van der Waals surface area contributed by atoms with E-state index in [1.807, 2.05) is 13.0 Å². The number of nitrogens with one attached hydrogen (secondary N) is 1. The summed E-state index contributed by atoms with van der Waals surface area (Å²) in [5.74, 6) is 1.99. The van der Waals surface area contributed by atoms with E-state index in [9.17, 15) is 0 Å². The van der Waals surface area contributed by atoms with Crippen molar-refractivity contribution in [3.05, 3.63) is 59.5 Å². The molecule has 21 heavy (non-hydrogen) atoms. The van der Waals surface area contributed by atoms with Gasteiger partial charge in [-0.3, -0.25) is 4.90 Å². The molecule has 0 spiro atoms. The molecule has 0 saturated carbocycles. The van der Waals surface area contributed by atoms with Crippen molar-refractivity contribution in [3.8, 4) is 0 Å². The standard InChI is InChI=1S/C18H24N2O/c1-15-9-10-17(21-15)13-19-14-18(20-11-5-6-12-20)16-7-3-2-4-8-16/h2-4,7-10,18-19H,5-6,11-14H2,1H3. The van der Waals surface area contributed by atoms with E-state index in [-0.39, 0.29) is 0 Å². The van der Waals surface area contributed by atoms with Gasteiger partial charge in [0, 0.05) is 12.6 Å². The number of benzene rings is 1. The predicted molar refractivity (Wildman–Crippen MR) is 85.1 cm³/mol. The van der Waals surface area contributed by atoms with E-state index in [4.69, 9.17) is 4.42 Å². The molecule has 1 N–H and O–H groups in total. The Morgan fingerprint density at radius 3 is 2.52 bits per heavy atom. The predicted octanol–water partition coefficient (Wildman–Crippen LogP) is 3.51. The first-order valence-electron chi connectivity index (χ1n) is 7.88. The van der Waals surface area contributed by atoms with Crippen LogP contribution in [0.25, 0.3) is 0 Å². The van der Waals surface area contributed by atoms with Gasteiger partial charge >= 0.3 is 0 Å². The van der Waals surface area contributed by atoms with Crippen LogP contribution < -0.4 is 5.32 Å². The molecule has 0 bridgehead atoms. The van der Waals surface area contributed by atoms with E-state index >= 15 is 0 Å². The molecule has 3 rings (SSSR count). The lowest BCUT2D eigenvalue weighted by atomic mass is 10.1. The summed E-state index contributed by atoms with van der Waals surface area (Å²) in [5.41, 5.74) is 1.41. The van der Waals surface area contributed by atoms with Crippen molar-refractivity contribution in [1.29, 1.82) is 0 Å². The molecular formula is C18H24N2O. The van der Waals surface area contributed by atoms with Gasteiger partial charge in [-0.05, 0) is 50.6 Å². The fourth-order valence-corrected chi connectivity index (χ4v) is 3.10. The zero-order valence-corrected chi connectivity index (χ0v) is 12.7. The van der Waals surface area contributed by atoms with Crippen molar-refractivity contribution < 1.29 is 4.42 Å². The third-order valence-electron chi connectivity index (χ3n) is 4.20. The van der Waals surface area contributed by atoms with Crippen molar-refractivity contribution >= 4 is 0 Å². The van der Waals surface area contributed by atoms with Crippen LogP contribution in [0.2, 0.25) is 0 Å². The average Bonchev–Trinajstić information content (AvgIpc) is 3.16. The molecule has 2 aromatic rings. The first-order chi connectivity index (χ1) is 10.3. The van der Waals surface area contributed by atoms with Gasteiger partial charge in [-0.1, -0.05) is 30.3 Å². The van der Waals surface area contributed by atoms with Crippen LogP contribution in [0.15, 0.2) is 46.9 Å². The topological polar surface area (TPSA) is 28.4 Å². The van der Waals surface area contributed by atoms with E-state index in [2.05, 4.69) is 46.6 Å². The molecule has 1 aliphatic heterocycles. The summed E-state index contributed by atoms with van der Waals surface area (Å²) in [6.45, 7) is 6.16. The number of furan rings is 1. The van der Waals surface area contributed by atoms with Gasteiger partial charge in [-0.2, -0.15) is 0 Å². The molecule has 1 unspecified atom stereocenters. The van der Waals surface area contributed by atoms with Crippen LogP contribution in [-0.4, -0.2) is 24.5 Å². The molecule has 2 heterocycles. The molecule has 1 saturated heterocycles. The van der Waals surface area contributed by atoms with Gasteiger partial charge in [0.2, 0.25) is 0 Å². The van der Waals surface area contributed by atoms with Crippen LogP contribution in [0.4, 0.5) is 0 Å². The lowest BCUT2D eigenvalue weighted by Gasteiger charge is -2.28. The SMILES string of the molecule is Cc1ccc(CNCC(c2ccccc2)N2CCCC2)o1. The van der Waals surface area contributed by atoms with Crippen LogP contribution in [-0.2, 0) is 6.54 Å². The summed E-state index contributed by atoms with van der Waals surface area (Å²) in [5, 5.41) is 3.56. The largest absolute Gasteiger partial charge is 0.465 e. The van der Waals surface area contributed by atoms with E-state index in [0.717, 1.165) is 24.6 Å². The normalized spacial score (nSPS) is 17.2. The fourth-order valence-electron chi connectivity index (χ4n) is 3.10. The quantitative estimate of drug-likeness (QED) is 0.880. The van der Waals surface area contributed by atoms with Gasteiger partial charge in [-0.25, -0.2) is 0 Å². The number of hydrogen-bond acceptors (Lipinski definition) is 3. The van der Waals surface area contributed by atoms with Crippen LogP contribution >= 0.6 is 0 Å². The summed E-state index contributed by atoms with van der Waals surface area (Å²) in [6, 6.07) is 15.4. The molecular weight excluding hydrogens is 260 g/mol. The first-order valence-corrected chi connectivity index (χ1v) is 7.88. The highest BCUT2D eigenvalue weighted by molar-refractivity contribution is 5.20. The molecule has 0 radical (unpaired) electrons. The molecule has 112 valence electrons. The van der Waals surface area contributed by atoms with Gasteiger partial charge in [0.05, 0.1) is 6.54 Å². The minimum absolute atomic E-state index is 0.463. The monoisotopic (exact) mass is 284 g/mol. The molecule has 1 atom stereocenters. The van der Waals surface area contributed by atoms with Crippen LogP contribution in [0.3, 0.4) is 0 Å². The summed E-state index contributed by atoms with van der Waals surface area (Å²) in [4.78, 5) is 2.59. The summed E-state index contributed by atoms with van der Waals surface area (Å²) >= 11 is 0. The van der Waals surface area contributed by atoms with Gasteiger partial charge in [0.15, 0.2) is 0 Å². The van der Waals surface area contributed by atoms with Crippen molar-refractivity contribution in [2.24, 2.45) is 0 Å². The maximum Gasteiger partial charge on any atom is 0.117 e. The Labute approximate surface area is 127 Å². The molecule has 1 fully saturated rings. The molecule has 0 aliphatic carbocycles. The van der Waals surface area contributed by atoms with Crippen molar-refractivity contribution in [1.82, 2.24) is 10.2 Å². The molecule has 3 heteroatoms. The van der Waals surface area contributed by atoms with Gasteiger partial charge < -0.3 is 9.73 Å². The Bertz CT molecular complexity index is 543. The van der Waals surface area contributed by atoms with Gasteiger partial charge in [0.1, 0.15) is 11.5 Å². The highest BCUT2D eigenvalue weighted by Crippen LogP contribution is 2.24. The minimum Gasteiger partial charge on any atom is -0.465 e. The van der Waals surface area contributed by atoms with Crippen molar-refractivity contribution in [3.63, 3.8) is 0 Å². The highest BCUT2D eigenvalue weighted by atomic mass is 16.3. The van der Waals surface area contributed by atoms with Crippen LogP contribution in [0.5, 0.6) is 0 Å². The summed E-state index contributed by atoms with van der Waals surface area (Å²) in [6.07, 6.45) is 2.64. The zero-order chi connectivity index (χ0) is 14.5. The second kappa shape index (κ2) is 6.92. The third kappa shape index (κ3) is 3.74. The fraction of sp³-hybridized carbons (Fsp3) is 0.444. The second-order valence-corrected chi connectivity index (χ2v) is 5.81. The van der Waals surface area contributed by atoms with Crippen LogP contribution in [0, 0.1) is 6.92 Å². The number of nitrogens with zero attached hydrogens (tertiary/aromatic N) is 1. The highest BCUT2D eigenvalue weighted by Gasteiger charge is 2.22. The first kappa shape index (κ1) is 14.4. The Morgan fingerprint density at radius 1 is 1.10 bits per heavy atom. The molecule has 1 aromatic heterocycles. The molecule has 1 aromatic carbocycles. The van der Waals surface area contributed by atoms with E-state index in [0.29, 0.717) is 6.04 Å². The molecule has 1 aliphatic rings. The van der Waals surface area contributed by atoms with Crippen molar-refractivity contribution in [2.45, 2.75) is 32.4 Å². The number of rotatable bonds is 6. The lowest BCUT2D eigenvalue weighted by molar-refractivity contribution is 0.236. The number of aryl methyl sites for hydroxylation is 1. The maximum atomic E-state index is 5.62. The van der Waals surface area contributed by atoms with E-state index < -0.39 is 0 Å². The Balaban J connectivity index is 1.62. The average molecular weight is 284 g/mol. The lowest BCUT2D eigenvalue weighted by Crippen LogP contribution is -2.33. The van der Waals surface area contributed by atoms with Crippen LogP contribution in [0.1, 0.15) is 36.0 Å². The smallest absolute Gasteiger partial charge is 0.117 e. The third-order valence-corrected chi connectivity index (χ3v) is 4.20. The Morgan fingerprint density at radius 2 is 1.86 bits per heavy atom. The summed E-state index contributed by atoms with van der Waals surface area (Å²) in [7, 11) is 0. The molecule has 3 nitrogen and oxygen atoms in total.